The van der Waals surface area contributed by atoms with E-state index in [1.54, 1.807) is 0 Å². The third-order valence-corrected chi connectivity index (χ3v) is 11.7. The van der Waals surface area contributed by atoms with Gasteiger partial charge in [-0.05, 0) is 89.9 Å². The second-order valence-electron chi connectivity index (χ2n) is 18.1. The quantitative estimate of drug-likeness (QED) is 0.0346. The molecule has 0 bridgehead atoms. The highest BCUT2D eigenvalue weighted by Gasteiger charge is 2.17. The molecule has 5 nitrogen and oxygen atoms in total. The Bertz CT molecular complexity index is 1150. The molecule has 0 fully saturated rings. The molecule has 0 heterocycles. The van der Waals surface area contributed by atoms with Gasteiger partial charge in [-0.1, -0.05) is 235 Å². The maximum absolute atomic E-state index is 12.8. The third kappa shape index (κ3) is 52.0. The van der Waals surface area contributed by atoms with E-state index in [1.807, 2.05) is 0 Å². The topological polar surface area (TPSA) is 61.8 Å². The van der Waals surface area contributed by atoms with Crippen LogP contribution in [0.2, 0.25) is 0 Å². The number of rotatable bonds is 50. The predicted octanol–water partition coefficient (Wildman–Crippen LogP) is 18.7. The smallest absolute Gasteiger partial charge is 0.306 e. The van der Waals surface area contributed by atoms with E-state index in [2.05, 4.69) is 93.7 Å². The van der Waals surface area contributed by atoms with E-state index in [0.717, 1.165) is 83.5 Å². The van der Waals surface area contributed by atoms with E-state index in [4.69, 9.17) is 14.2 Å². The van der Waals surface area contributed by atoms with E-state index < -0.39 is 6.10 Å². The van der Waals surface area contributed by atoms with Gasteiger partial charge in [0.25, 0.3) is 0 Å². The van der Waals surface area contributed by atoms with Crippen LogP contribution in [0.25, 0.3) is 0 Å². The maximum atomic E-state index is 12.8. The molecule has 370 valence electrons. The molecule has 0 aliphatic carbocycles. The molecule has 0 N–H and O–H groups in total. The number of carbonyl (C=O) groups is 2. The summed E-state index contributed by atoms with van der Waals surface area (Å²) < 4.78 is 17.4. The van der Waals surface area contributed by atoms with Crippen molar-refractivity contribution < 1.29 is 23.8 Å². The Morgan fingerprint density at radius 2 is 0.703 bits per heavy atom. The van der Waals surface area contributed by atoms with Gasteiger partial charge in [0.15, 0.2) is 6.10 Å². The molecule has 0 rings (SSSR count). The van der Waals surface area contributed by atoms with Gasteiger partial charge in [0.1, 0.15) is 6.61 Å². The minimum atomic E-state index is -0.557. The molecule has 64 heavy (non-hydrogen) atoms. The fourth-order valence-corrected chi connectivity index (χ4v) is 7.65. The summed E-state index contributed by atoms with van der Waals surface area (Å²) >= 11 is 0. The molecule has 0 aromatic carbocycles. The largest absolute Gasteiger partial charge is 0.462 e. The van der Waals surface area contributed by atoms with E-state index in [1.165, 1.54) is 148 Å². The number of esters is 2. The summed E-state index contributed by atoms with van der Waals surface area (Å²) in [5.74, 6) is -0.429. The minimum absolute atomic E-state index is 0.0696. The summed E-state index contributed by atoms with van der Waals surface area (Å²) in [5, 5.41) is 0. The van der Waals surface area contributed by atoms with Crippen molar-refractivity contribution in [2.24, 2.45) is 0 Å². The summed E-state index contributed by atoms with van der Waals surface area (Å²) in [4.78, 5) is 25.4. The lowest BCUT2D eigenvalue weighted by molar-refractivity contribution is -0.163. The Labute approximate surface area is 397 Å². The van der Waals surface area contributed by atoms with Crippen molar-refractivity contribution >= 4 is 11.9 Å². The second kappa shape index (κ2) is 54.7. The zero-order valence-corrected chi connectivity index (χ0v) is 42.5. The molecule has 0 radical (unpaired) electrons. The molecule has 0 aromatic heterocycles. The summed E-state index contributed by atoms with van der Waals surface area (Å²) in [5.41, 5.74) is 0. The van der Waals surface area contributed by atoms with Gasteiger partial charge < -0.3 is 14.2 Å². The lowest BCUT2D eigenvalue weighted by Gasteiger charge is -2.18. The summed E-state index contributed by atoms with van der Waals surface area (Å²) in [6.07, 6.45) is 70.6. The fourth-order valence-electron chi connectivity index (χ4n) is 7.65. The predicted molar refractivity (Wildman–Crippen MR) is 279 cm³/mol. The maximum Gasteiger partial charge on any atom is 0.306 e. The number of hydrogen-bond acceptors (Lipinski definition) is 5. The van der Waals surface area contributed by atoms with Gasteiger partial charge in [-0.25, -0.2) is 0 Å². The third-order valence-electron chi connectivity index (χ3n) is 11.7. The van der Waals surface area contributed by atoms with Crippen LogP contribution in [0.15, 0.2) is 72.9 Å². The van der Waals surface area contributed by atoms with Crippen molar-refractivity contribution in [3.8, 4) is 0 Å². The molecular weight excluding hydrogens is 789 g/mol. The lowest BCUT2D eigenvalue weighted by atomic mass is 10.0. The number of unbranched alkanes of at least 4 members (excludes halogenated alkanes) is 27. The molecule has 0 aromatic rings. The van der Waals surface area contributed by atoms with Crippen LogP contribution in [-0.2, 0) is 23.8 Å². The first kappa shape index (κ1) is 61.3. The molecule has 0 saturated carbocycles. The van der Waals surface area contributed by atoms with Gasteiger partial charge >= 0.3 is 11.9 Å². The molecule has 0 saturated heterocycles. The van der Waals surface area contributed by atoms with Gasteiger partial charge in [-0.2, -0.15) is 0 Å². The minimum Gasteiger partial charge on any atom is -0.462 e. The highest BCUT2D eigenvalue weighted by atomic mass is 16.6. The van der Waals surface area contributed by atoms with Gasteiger partial charge in [0.2, 0.25) is 0 Å². The van der Waals surface area contributed by atoms with Crippen LogP contribution in [0.1, 0.15) is 265 Å². The van der Waals surface area contributed by atoms with Crippen molar-refractivity contribution in [3.63, 3.8) is 0 Å². The number of ether oxygens (including phenoxy) is 3. The molecular formula is C59H104O5. The Hall–Kier alpha value is -2.66. The number of allylic oxidation sites excluding steroid dienone is 12. The summed E-state index contributed by atoms with van der Waals surface area (Å²) in [6.45, 7) is 7.66. The van der Waals surface area contributed by atoms with Gasteiger partial charge in [0, 0.05) is 19.4 Å². The van der Waals surface area contributed by atoms with Crippen molar-refractivity contribution in [2.45, 2.75) is 271 Å². The van der Waals surface area contributed by atoms with Crippen molar-refractivity contribution in [1.29, 1.82) is 0 Å². The Balaban J connectivity index is 4.29. The van der Waals surface area contributed by atoms with Crippen LogP contribution in [0.4, 0.5) is 0 Å². The zero-order valence-electron chi connectivity index (χ0n) is 42.5. The second-order valence-corrected chi connectivity index (χ2v) is 18.1. The molecule has 0 aliphatic heterocycles. The molecule has 0 aliphatic rings. The normalized spacial score (nSPS) is 12.7. The van der Waals surface area contributed by atoms with E-state index in [9.17, 15) is 9.59 Å². The van der Waals surface area contributed by atoms with Crippen LogP contribution >= 0.6 is 0 Å². The average Bonchev–Trinajstić information content (AvgIpc) is 3.30. The summed E-state index contributed by atoms with van der Waals surface area (Å²) in [7, 11) is 0. The lowest BCUT2D eigenvalue weighted by Crippen LogP contribution is -2.30. The van der Waals surface area contributed by atoms with Crippen molar-refractivity contribution in [2.75, 3.05) is 19.8 Å². The number of carbonyl (C=O) groups excluding carboxylic acids is 2. The Morgan fingerprint density at radius 3 is 1.17 bits per heavy atom. The van der Waals surface area contributed by atoms with Crippen molar-refractivity contribution in [1.82, 2.24) is 0 Å². The van der Waals surface area contributed by atoms with Crippen LogP contribution in [-0.4, -0.2) is 37.9 Å². The average molecular weight is 893 g/mol. The van der Waals surface area contributed by atoms with Crippen LogP contribution in [0.5, 0.6) is 0 Å². The van der Waals surface area contributed by atoms with Gasteiger partial charge in [-0.15, -0.1) is 0 Å². The van der Waals surface area contributed by atoms with Crippen LogP contribution in [0.3, 0.4) is 0 Å². The standard InChI is InChI=1S/C59H104O5/c1-4-7-10-13-16-19-22-25-27-28-29-30-31-33-36-39-42-45-48-51-54-62-55-57(64-59(61)53-50-47-44-41-38-34-24-21-18-15-12-9-6-3)56-63-58(60)52-49-46-43-40-37-35-32-26-23-20-17-14-11-8-5-2/h9,12,16,18-19,21,25,27,29-30,34,38,57H,4-8,10-11,13-15,17,20,22-24,26,28,31-33,35-37,39-56H2,1-3H3/b12-9-,19-16-,21-18-,27-25-,30-29-,38-34-. The zero-order chi connectivity index (χ0) is 46.3. The SMILES string of the molecule is CC/C=C\C/C=C\C/C=C\CCCCCC(=O)OC(COCCCCCCCCC/C=C\C/C=C\C/C=C\CCCCC)COC(=O)CCCCCCCCCCCCCCCCC. The molecule has 5 heteroatoms. The number of hydrogen-bond donors (Lipinski definition) is 0. The van der Waals surface area contributed by atoms with Crippen LogP contribution in [0, 0.1) is 0 Å². The molecule has 1 atom stereocenters. The van der Waals surface area contributed by atoms with E-state index in [-0.39, 0.29) is 25.2 Å². The van der Waals surface area contributed by atoms with Gasteiger partial charge in [-0.3, -0.25) is 9.59 Å². The first-order valence-corrected chi connectivity index (χ1v) is 27.5. The van der Waals surface area contributed by atoms with Crippen molar-refractivity contribution in [3.05, 3.63) is 72.9 Å². The highest BCUT2D eigenvalue weighted by Crippen LogP contribution is 2.15. The molecule has 0 spiro atoms. The highest BCUT2D eigenvalue weighted by molar-refractivity contribution is 5.70. The first-order chi connectivity index (χ1) is 31.6. The van der Waals surface area contributed by atoms with Crippen LogP contribution < -0.4 is 0 Å². The van der Waals surface area contributed by atoms with E-state index >= 15 is 0 Å². The molecule has 0 amide bonds. The van der Waals surface area contributed by atoms with Gasteiger partial charge in [0.05, 0.1) is 6.61 Å². The molecule has 1 unspecified atom stereocenters. The fraction of sp³-hybridized carbons (Fsp3) is 0.763. The monoisotopic (exact) mass is 893 g/mol. The summed E-state index contributed by atoms with van der Waals surface area (Å²) in [6, 6.07) is 0. The Morgan fingerprint density at radius 1 is 0.359 bits per heavy atom. The van der Waals surface area contributed by atoms with E-state index in [0.29, 0.717) is 19.4 Å². The first-order valence-electron chi connectivity index (χ1n) is 27.5. The Kier molecular flexibility index (Phi) is 52.4.